The first-order chi connectivity index (χ1) is 17.2. The lowest BCUT2D eigenvalue weighted by Crippen LogP contribution is -2.54. The molecule has 36 heavy (non-hydrogen) atoms. The van der Waals surface area contributed by atoms with Crippen LogP contribution in [0.15, 0.2) is 64.6 Å². The predicted octanol–water partition coefficient (Wildman–Crippen LogP) is 5.97. The smallest absolute Gasteiger partial charge is 0.335 e. The van der Waals surface area contributed by atoms with Gasteiger partial charge in [-0.25, -0.2) is 9.69 Å². The van der Waals surface area contributed by atoms with E-state index >= 15 is 0 Å². The summed E-state index contributed by atoms with van der Waals surface area (Å²) in [5.41, 5.74) is 3.81. The fraction of sp³-hybridized carbons (Fsp3) is 0.148. The Labute approximate surface area is 221 Å². The van der Waals surface area contributed by atoms with E-state index in [1.54, 1.807) is 30.3 Å². The van der Waals surface area contributed by atoms with Gasteiger partial charge in [0.2, 0.25) is 0 Å². The van der Waals surface area contributed by atoms with Crippen LogP contribution >= 0.6 is 27.5 Å². The first-order valence-electron chi connectivity index (χ1n) is 10.9. The number of barbiturate groups is 1. The van der Waals surface area contributed by atoms with Crippen molar-refractivity contribution >= 4 is 57.1 Å². The molecule has 0 aromatic heterocycles. The zero-order valence-electron chi connectivity index (χ0n) is 19.7. The maximum absolute atomic E-state index is 13.2. The molecular weight excluding hydrogens is 548 g/mol. The number of benzene rings is 3. The largest absolute Gasteiger partial charge is 0.493 e. The highest BCUT2D eigenvalue weighted by atomic mass is 79.9. The molecule has 1 N–H and O–H groups in total. The molecule has 0 spiro atoms. The molecule has 184 valence electrons. The summed E-state index contributed by atoms with van der Waals surface area (Å²) in [5.74, 6) is -0.714. The highest BCUT2D eigenvalue weighted by molar-refractivity contribution is 9.10. The Morgan fingerprint density at radius 2 is 1.78 bits per heavy atom. The molecule has 4 amide bonds. The van der Waals surface area contributed by atoms with E-state index in [-0.39, 0.29) is 16.3 Å². The fourth-order valence-corrected chi connectivity index (χ4v) is 4.48. The van der Waals surface area contributed by atoms with Crippen LogP contribution in [0.1, 0.15) is 22.3 Å². The van der Waals surface area contributed by atoms with E-state index in [4.69, 9.17) is 21.1 Å². The number of halogens is 2. The molecule has 0 atom stereocenters. The first kappa shape index (κ1) is 25.5. The Bertz CT molecular complexity index is 1420. The second-order valence-corrected chi connectivity index (χ2v) is 9.41. The van der Waals surface area contributed by atoms with Gasteiger partial charge in [-0.15, -0.1) is 0 Å². The monoisotopic (exact) mass is 568 g/mol. The van der Waals surface area contributed by atoms with Crippen LogP contribution in [-0.2, 0) is 16.2 Å². The van der Waals surface area contributed by atoms with Gasteiger partial charge in [0, 0.05) is 0 Å². The molecule has 1 aliphatic heterocycles. The number of methoxy groups -OCH3 is 1. The lowest BCUT2D eigenvalue weighted by Gasteiger charge is -2.27. The topological polar surface area (TPSA) is 84.9 Å². The Balaban J connectivity index is 1.64. The van der Waals surface area contributed by atoms with E-state index in [2.05, 4.69) is 27.3 Å². The summed E-state index contributed by atoms with van der Waals surface area (Å²) in [7, 11) is 1.50. The fourth-order valence-electron chi connectivity index (χ4n) is 3.69. The Hall–Kier alpha value is -3.62. The molecule has 1 aliphatic rings. The summed E-state index contributed by atoms with van der Waals surface area (Å²) in [4.78, 5) is 39.0. The van der Waals surface area contributed by atoms with Crippen LogP contribution in [0.4, 0.5) is 10.5 Å². The van der Waals surface area contributed by atoms with Crippen LogP contribution in [0, 0.1) is 13.8 Å². The highest BCUT2D eigenvalue weighted by Crippen LogP contribution is 2.38. The summed E-state index contributed by atoms with van der Waals surface area (Å²) < 4.78 is 12.1. The van der Waals surface area contributed by atoms with Crippen molar-refractivity contribution in [2.75, 3.05) is 12.0 Å². The van der Waals surface area contributed by atoms with Gasteiger partial charge in [-0.05, 0) is 82.4 Å². The van der Waals surface area contributed by atoms with Crippen LogP contribution in [0.3, 0.4) is 0 Å². The van der Waals surface area contributed by atoms with Gasteiger partial charge < -0.3 is 9.47 Å². The zero-order chi connectivity index (χ0) is 26.0. The quantitative estimate of drug-likeness (QED) is 0.292. The number of rotatable bonds is 6. The number of amides is 4. The van der Waals surface area contributed by atoms with Gasteiger partial charge in [-0.2, -0.15) is 0 Å². The molecule has 0 saturated carbocycles. The van der Waals surface area contributed by atoms with Crippen LogP contribution in [0.2, 0.25) is 5.02 Å². The minimum absolute atomic E-state index is 0.175. The number of anilines is 1. The minimum atomic E-state index is -0.871. The summed E-state index contributed by atoms with van der Waals surface area (Å²) in [5, 5.41) is 2.39. The van der Waals surface area contributed by atoms with Crippen LogP contribution in [0.25, 0.3) is 6.08 Å². The highest BCUT2D eigenvalue weighted by Gasteiger charge is 2.37. The molecule has 0 bridgehead atoms. The summed E-state index contributed by atoms with van der Waals surface area (Å²) in [6, 6.07) is 15.0. The molecule has 7 nitrogen and oxygen atoms in total. The molecular formula is C27H22BrClN2O5. The summed E-state index contributed by atoms with van der Waals surface area (Å²) in [6.07, 6.45) is 1.38. The van der Waals surface area contributed by atoms with Crippen LogP contribution in [0.5, 0.6) is 11.5 Å². The molecule has 3 aromatic rings. The average Bonchev–Trinajstić information content (AvgIpc) is 2.84. The summed E-state index contributed by atoms with van der Waals surface area (Å²) >= 11 is 9.69. The third-order valence-corrected chi connectivity index (χ3v) is 6.62. The Morgan fingerprint density at radius 3 is 2.47 bits per heavy atom. The van der Waals surface area contributed by atoms with Crippen molar-refractivity contribution in [1.82, 2.24) is 5.32 Å². The van der Waals surface area contributed by atoms with Crippen LogP contribution < -0.4 is 19.7 Å². The van der Waals surface area contributed by atoms with E-state index in [9.17, 15) is 14.4 Å². The maximum atomic E-state index is 13.2. The van der Waals surface area contributed by atoms with Crippen molar-refractivity contribution in [3.05, 3.63) is 91.9 Å². The van der Waals surface area contributed by atoms with E-state index in [0.717, 1.165) is 10.5 Å². The zero-order valence-corrected chi connectivity index (χ0v) is 22.1. The molecule has 3 aromatic carbocycles. The number of imide groups is 2. The van der Waals surface area contributed by atoms with Crippen LogP contribution in [-0.4, -0.2) is 25.0 Å². The van der Waals surface area contributed by atoms with Gasteiger partial charge in [0.1, 0.15) is 12.2 Å². The average molecular weight is 570 g/mol. The van der Waals surface area contributed by atoms with Gasteiger partial charge in [-0.1, -0.05) is 41.9 Å². The Kier molecular flexibility index (Phi) is 7.47. The number of carbonyl (C=O) groups is 3. The molecule has 1 fully saturated rings. The lowest BCUT2D eigenvalue weighted by atomic mass is 10.1. The third-order valence-electron chi connectivity index (χ3n) is 5.71. The molecule has 0 unspecified atom stereocenters. The van der Waals surface area contributed by atoms with Crippen molar-refractivity contribution in [3.63, 3.8) is 0 Å². The lowest BCUT2D eigenvalue weighted by molar-refractivity contribution is -0.122. The number of urea groups is 1. The summed E-state index contributed by atoms with van der Waals surface area (Å²) in [6.45, 7) is 4.42. The normalized spacial score (nSPS) is 14.8. The number of aryl methyl sites for hydroxylation is 2. The van der Waals surface area contributed by atoms with E-state index < -0.39 is 17.8 Å². The van der Waals surface area contributed by atoms with E-state index in [0.29, 0.717) is 28.1 Å². The minimum Gasteiger partial charge on any atom is -0.493 e. The maximum Gasteiger partial charge on any atom is 0.335 e. The molecule has 1 heterocycles. The number of hydrogen-bond acceptors (Lipinski definition) is 5. The van der Waals surface area contributed by atoms with E-state index in [1.807, 2.05) is 26.0 Å². The number of carbonyl (C=O) groups excluding carboxylic acids is 3. The first-order valence-corrected chi connectivity index (χ1v) is 12.1. The van der Waals surface area contributed by atoms with Gasteiger partial charge in [0.15, 0.2) is 11.5 Å². The van der Waals surface area contributed by atoms with Crippen molar-refractivity contribution in [2.45, 2.75) is 20.5 Å². The number of ether oxygens (including phenoxy) is 2. The number of nitrogens with one attached hydrogen (secondary N) is 1. The number of para-hydroxylation sites is 1. The molecule has 1 saturated heterocycles. The standard InChI is InChI=1S/C27H22BrClN2O5/c1-15-8-9-17(10-16(15)2)14-36-24-20(28)12-18(13-23(24)35-3)11-19-25(32)30-27(34)31(26(19)33)22-7-5-4-6-21(22)29/h4-13H,14H2,1-3H3,(H,30,32,34)/b19-11+. The molecule has 4 rings (SSSR count). The van der Waals surface area contributed by atoms with Gasteiger partial charge >= 0.3 is 6.03 Å². The van der Waals surface area contributed by atoms with Crippen molar-refractivity contribution < 1.29 is 23.9 Å². The number of nitrogens with zero attached hydrogens (tertiary/aromatic N) is 1. The SMILES string of the molecule is COc1cc(/C=C2\C(=O)NC(=O)N(c3ccccc3Cl)C2=O)cc(Br)c1OCc1ccc(C)c(C)c1. The molecule has 9 heteroatoms. The van der Waals surface area contributed by atoms with Gasteiger partial charge in [0.25, 0.3) is 11.8 Å². The third kappa shape index (κ3) is 5.15. The molecule has 0 radical (unpaired) electrons. The second kappa shape index (κ2) is 10.6. The molecule has 0 aliphatic carbocycles. The second-order valence-electron chi connectivity index (χ2n) is 8.15. The van der Waals surface area contributed by atoms with Crippen molar-refractivity contribution in [2.24, 2.45) is 0 Å². The van der Waals surface area contributed by atoms with Crippen molar-refractivity contribution in [1.29, 1.82) is 0 Å². The predicted molar refractivity (Wildman–Crippen MR) is 141 cm³/mol. The van der Waals surface area contributed by atoms with E-state index in [1.165, 1.54) is 30.4 Å². The Morgan fingerprint density at radius 1 is 1.03 bits per heavy atom. The van der Waals surface area contributed by atoms with Gasteiger partial charge in [-0.3, -0.25) is 14.9 Å². The van der Waals surface area contributed by atoms with Crippen molar-refractivity contribution in [3.8, 4) is 11.5 Å². The van der Waals surface area contributed by atoms with Gasteiger partial charge in [0.05, 0.1) is 22.3 Å². The number of hydrogen-bond donors (Lipinski definition) is 1.